The van der Waals surface area contributed by atoms with Gasteiger partial charge in [-0.2, -0.15) is 0 Å². The van der Waals surface area contributed by atoms with Gasteiger partial charge in [0.2, 0.25) is 0 Å². The smallest absolute Gasteiger partial charge is 0.333 e. The van der Waals surface area contributed by atoms with Crippen LogP contribution in [0.1, 0.15) is 13.8 Å². The maximum atomic E-state index is 11.2. The van der Waals surface area contributed by atoms with Gasteiger partial charge in [-0.3, -0.25) is 4.90 Å². The van der Waals surface area contributed by atoms with E-state index in [9.17, 15) is 4.79 Å². The molecule has 1 heterocycles. The lowest BCUT2D eigenvalue weighted by atomic mass is 10.2. The molecule has 5 nitrogen and oxygen atoms in total. The molecule has 2 atom stereocenters. The molecule has 0 spiro atoms. The van der Waals surface area contributed by atoms with E-state index in [0.717, 1.165) is 0 Å². The molecule has 0 aromatic rings. The van der Waals surface area contributed by atoms with E-state index in [1.807, 2.05) is 6.08 Å². The van der Waals surface area contributed by atoms with Crippen molar-refractivity contribution in [2.45, 2.75) is 26.0 Å². The van der Waals surface area contributed by atoms with Gasteiger partial charge in [-0.05, 0) is 13.8 Å². The molecule has 5 heteroatoms. The monoisotopic (exact) mass is 243 g/mol. The lowest BCUT2D eigenvalue weighted by molar-refractivity contribution is -0.136. The Kier molecular flexibility index (Phi) is 5.61. The Morgan fingerprint density at radius 2 is 2.35 bits per heavy atom. The maximum Gasteiger partial charge on any atom is 0.333 e. The van der Waals surface area contributed by atoms with Gasteiger partial charge in [0.15, 0.2) is 0 Å². The highest BCUT2D eigenvalue weighted by Crippen LogP contribution is 2.11. The topological polar surface area (TPSA) is 59.0 Å². The average Bonchev–Trinajstić information content (AvgIpc) is 2.36. The van der Waals surface area contributed by atoms with Gasteiger partial charge in [-0.15, -0.1) is 0 Å². The molecular formula is C12H21NO4. The number of carbonyl (C=O) groups excluding carboxylic acids is 1. The van der Waals surface area contributed by atoms with Crippen LogP contribution >= 0.6 is 0 Å². The van der Waals surface area contributed by atoms with Crippen LogP contribution in [-0.2, 0) is 14.3 Å². The number of aliphatic hydroxyl groups excluding tert-OH is 1. The van der Waals surface area contributed by atoms with E-state index < -0.39 is 0 Å². The Morgan fingerprint density at radius 1 is 1.65 bits per heavy atom. The Balaban J connectivity index is 2.51. The fourth-order valence-electron chi connectivity index (χ4n) is 1.74. The number of morpholine rings is 1. The summed E-state index contributed by atoms with van der Waals surface area (Å²) in [5.74, 6) is -0.301. The van der Waals surface area contributed by atoms with Gasteiger partial charge >= 0.3 is 5.97 Å². The van der Waals surface area contributed by atoms with E-state index in [-0.39, 0.29) is 18.7 Å². The van der Waals surface area contributed by atoms with Gasteiger partial charge in [0.05, 0.1) is 26.4 Å². The van der Waals surface area contributed by atoms with Crippen molar-refractivity contribution in [3.63, 3.8) is 0 Å². The minimum atomic E-state index is -0.301. The highest BCUT2D eigenvalue weighted by molar-refractivity contribution is 5.87. The zero-order valence-corrected chi connectivity index (χ0v) is 10.7. The second kappa shape index (κ2) is 6.74. The summed E-state index contributed by atoms with van der Waals surface area (Å²) in [4.78, 5) is 13.4. The first-order chi connectivity index (χ1) is 8.08. The van der Waals surface area contributed by atoms with E-state index in [0.29, 0.717) is 31.3 Å². The summed E-state index contributed by atoms with van der Waals surface area (Å²) in [6, 6.07) is 0.291. The van der Waals surface area contributed by atoms with E-state index in [2.05, 4.69) is 16.6 Å². The SMILES string of the molecule is COC(=O)C(C)=CCN1CC(CO)OCC1C. The number of aliphatic hydroxyl groups is 1. The third kappa shape index (κ3) is 4.11. The summed E-state index contributed by atoms with van der Waals surface area (Å²) in [6.07, 6.45) is 1.72. The standard InChI is InChI=1S/C12H21NO4/c1-9(12(15)16-3)4-5-13-6-11(7-14)17-8-10(13)2/h4,10-11,14H,5-8H2,1-3H3. The summed E-state index contributed by atoms with van der Waals surface area (Å²) in [5.41, 5.74) is 0.603. The minimum absolute atomic E-state index is 0.0307. The van der Waals surface area contributed by atoms with Crippen LogP contribution in [0.4, 0.5) is 0 Å². The fourth-order valence-corrected chi connectivity index (χ4v) is 1.74. The van der Waals surface area contributed by atoms with E-state index >= 15 is 0 Å². The molecule has 1 saturated heterocycles. The molecule has 0 saturated carbocycles. The van der Waals surface area contributed by atoms with Crippen molar-refractivity contribution >= 4 is 5.97 Å². The Bertz CT molecular complexity index is 290. The number of esters is 1. The van der Waals surface area contributed by atoms with Crippen molar-refractivity contribution in [2.75, 3.05) is 33.4 Å². The average molecular weight is 243 g/mol. The second-order valence-electron chi connectivity index (χ2n) is 4.32. The maximum absolute atomic E-state index is 11.2. The quantitative estimate of drug-likeness (QED) is 0.564. The van der Waals surface area contributed by atoms with Crippen molar-refractivity contribution in [1.82, 2.24) is 4.90 Å². The van der Waals surface area contributed by atoms with Crippen LogP contribution in [0.3, 0.4) is 0 Å². The van der Waals surface area contributed by atoms with Gasteiger partial charge in [-0.1, -0.05) is 6.08 Å². The first-order valence-corrected chi connectivity index (χ1v) is 5.80. The highest BCUT2D eigenvalue weighted by Gasteiger charge is 2.24. The Hall–Kier alpha value is -0.910. The Labute approximate surface area is 102 Å². The molecule has 2 unspecified atom stereocenters. The van der Waals surface area contributed by atoms with E-state index in [4.69, 9.17) is 9.84 Å². The summed E-state index contributed by atoms with van der Waals surface area (Å²) >= 11 is 0. The molecule has 1 rings (SSSR count). The number of hydrogen-bond acceptors (Lipinski definition) is 5. The number of methoxy groups -OCH3 is 1. The van der Waals surface area contributed by atoms with Crippen molar-refractivity contribution in [1.29, 1.82) is 0 Å². The molecule has 0 aromatic heterocycles. The van der Waals surface area contributed by atoms with Gasteiger partial charge in [0, 0.05) is 24.7 Å². The molecule has 0 aromatic carbocycles. The summed E-state index contributed by atoms with van der Waals surface area (Å²) in [6.45, 7) is 5.79. The van der Waals surface area contributed by atoms with Crippen LogP contribution in [0.5, 0.6) is 0 Å². The van der Waals surface area contributed by atoms with Crippen LogP contribution in [-0.4, -0.2) is 61.5 Å². The van der Waals surface area contributed by atoms with Gasteiger partial charge < -0.3 is 14.6 Å². The highest BCUT2D eigenvalue weighted by atomic mass is 16.5. The molecule has 0 amide bonds. The third-order valence-electron chi connectivity index (χ3n) is 2.98. The van der Waals surface area contributed by atoms with Crippen molar-refractivity contribution < 1.29 is 19.4 Å². The molecule has 1 N–H and O–H groups in total. The number of rotatable bonds is 4. The number of ether oxygens (including phenoxy) is 2. The van der Waals surface area contributed by atoms with Gasteiger partial charge in [-0.25, -0.2) is 4.79 Å². The molecule has 1 aliphatic rings. The van der Waals surface area contributed by atoms with Crippen LogP contribution in [0.2, 0.25) is 0 Å². The number of hydrogen-bond donors (Lipinski definition) is 1. The van der Waals surface area contributed by atoms with Crippen LogP contribution in [0.25, 0.3) is 0 Å². The molecule has 0 bridgehead atoms. The summed E-state index contributed by atoms with van der Waals surface area (Å²) < 4.78 is 10.1. The van der Waals surface area contributed by atoms with Crippen LogP contribution in [0.15, 0.2) is 11.6 Å². The third-order valence-corrected chi connectivity index (χ3v) is 2.98. The minimum Gasteiger partial charge on any atom is -0.466 e. The first kappa shape index (κ1) is 14.2. The zero-order chi connectivity index (χ0) is 12.8. The fraction of sp³-hybridized carbons (Fsp3) is 0.750. The molecule has 17 heavy (non-hydrogen) atoms. The van der Waals surface area contributed by atoms with Crippen LogP contribution in [0, 0.1) is 0 Å². The first-order valence-electron chi connectivity index (χ1n) is 5.80. The summed E-state index contributed by atoms with van der Waals surface area (Å²) in [5, 5.41) is 9.06. The largest absolute Gasteiger partial charge is 0.466 e. The number of carbonyl (C=O) groups is 1. The molecule has 0 aliphatic carbocycles. The molecule has 98 valence electrons. The van der Waals surface area contributed by atoms with Gasteiger partial charge in [0.25, 0.3) is 0 Å². The van der Waals surface area contributed by atoms with Gasteiger partial charge in [0.1, 0.15) is 0 Å². The second-order valence-corrected chi connectivity index (χ2v) is 4.32. The normalized spacial score (nSPS) is 26.9. The zero-order valence-electron chi connectivity index (χ0n) is 10.7. The van der Waals surface area contributed by atoms with Crippen molar-refractivity contribution in [3.05, 3.63) is 11.6 Å². The van der Waals surface area contributed by atoms with Crippen molar-refractivity contribution in [3.8, 4) is 0 Å². The van der Waals surface area contributed by atoms with E-state index in [1.54, 1.807) is 6.92 Å². The predicted octanol–water partition coefficient (Wildman–Crippen LogP) is 0.187. The van der Waals surface area contributed by atoms with E-state index in [1.165, 1.54) is 7.11 Å². The lowest BCUT2D eigenvalue weighted by Crippen LogP contribution is -2.49. The Morgan fingerprint density at radius 3 is 2.94 bits per heavy atom. The molecule has 1 fully saturated rings. The summed E-state index contributed by atoms with van der Waals surface area (Å²) in [7, 11) is 1.37. The lowest BCUT2D eigenvalue weighted by Gasteiger charge is -2.36. The molecule has 0 radical (unpaired) electrons. The molecular weight excluding hydrogens is 222 g/mol. The molecule has 1 aliphatic heterocycles. The van der Waals surface area contributed by atoms with Crippen molar-refractivity contribution in [2.24, 2.45) is 0 Å². The number of nitrogens with zero attached hydrogens (tertiary/aromatic N) is 1. The van der Waals surface area contributed by atoms with Crippen LogP contribution < -0.4 is 0 Å². The predicted molar refractivity (Wildman–Crippen MR) is 63.6 cm³/mol.